The molecule has 6 heteroatoms. The highest BCUT2D eigenvalue weighted by Gasteiger charge is 2.15. The van der Waals surface area contributed by atoms with Crippen LogP contribution >= 0.6 is 11.6 Å². The molecule has 0 fully saturated rings. The van der Waals surface area contributed by atoms with E-state index in [4.69, 9.17) is 11.6 Å². The van der Waals surface area contributed by atoms with Gasteiger partial charge in [-0.3, -0.25) is 9.59 Å². The van der Waals surface area contributed by atoms with Crippen LogP contribution in [0, 0.1) is 0 Å². The Labute approximate surface area is 111 Å². The van der Waals surface area contributed by atoms with Crippen molar-refractivity contribution >= 4 is 29.1 Å². The predicted molar refractivity (Wildman–Crippen MR) is 72.0 cm³/mol. The molecule has 98 valence electrons. The standard InChI is InChI=1S/C12H16ClN3O2/c1-14-7-11(17)15-10-6-8(13)4-5-9(10)12(18)16(2)3/h4-6,14H,7H2,1-3H3,(H,15,17). The summed E-state index contributed by atoms with van der Waals surface area (Å²) < 4.78 is 0. The first kappa shape index (κ1) is 14.5. The van der Waals surface area contributed by atoms with Crippen molar-refractivity contribution in [2.24, 2.45) is 0 Å². The summed E-state index contributed by atoms with van der Waals surface area (Å²) in [6, 6.07) is 4.78. The second kappa shape index (κ2) is 6.37. The van der Waals surface area contributed by atoms with Crippen molar-refractivity contribution in [3.63, 3.8) is 0 Å². The van der Waals surface area contributed by atoms with Crippen molar-refractivity contribution < 1.29 is 9.59 Å². The number of halogens is 1. The van der Waals surface area contributed by atoms with E-state index in [1.165, 1.54) is 4.90 Å². The van der Waals surface area contributed by atoms with Crippen LogP contribution in [0.5, 0.6) is 0 Å². The Hall–Kier alpha value is -1.59. The lowest BCUT2D eigenvalue weighted by Crippen LogP contribution is -2.28. The van der Waals surface area contributed by atoms with Gasteiger partial charge in [0, 0.05) is 19.1 Å². The van der Waals surface area contributed by atoms with Crippen LogP contribution in [0.1, 0.15) is 10.4 Å². The largest absolute Gasteiger partial charge is 0.345 e. The predicted octanol–water partition coefficient (Wildman–Crippen LogP) is 1.20. The Morgan fingerprint density at radius 3 is 2.56 bits per heavy atom. The molecule has 0 heterocycles. The van der Waals surface area contributed by atoms with Gasteiger partial charge in [-0.2, -0.15) is 0 Å². The van der Waals surface area contributed by atoms with Gasteiger partial charge < -0.3 is 15.5 Å². The summed E-state index contributed by atoms with van der Waals surface area (Å²) >= 11 is 5.87. The maximum absolute atomic E-state index is 11.9. The molecule has 0 saturated carbocycles. The minimum absolute atomic E-state index is 0.169. The zero-order valence-corrected chi connectivity index (χ0v) is 11.3. The molecule has 2 N–H and O–H groups in total. The van der Waals surface area contributed by atoms with Crippen LogP contribution in [0.25, 0.3) is 0 Å². The highest BCUT2D eigenvalue weighted by Crippen LogP contribution is 2.22. The highest BCUT2D eigenvalue weighted by atomic mass is 35.5. The molecule has 1 rings (SSSR count). The lowest BCUT2D eigenvalue weighted by atomic mass is 10.1. The van der Waals surface area contributed by atoms with Crippen LogP contribution in [0.2, 0.25) is 5.02 Å². The fraction of sp³-hybridized carbons (Fsp3) is 0.333. The van der Waals surface area contributed by atoms with Gasteiger partial charge >= 0.3 is 0 Å². The molecular weight excluding hydrogens is 254 g/mol. The van der Waals surface area contributed by atoms with E-state index in [9.17, 15) is 9.59 Å². The zero-order valence-electron chi connectivity index (χ0n) is 10.6. The molecule has 5 nitrogen and oxygen atoms in total. The number of anilines is 1. The molecule has 0 saturated heterocycles. The number of hydrogen-bond donors (Lipinski definition) is 2. The summed E-state index contributed by atoms with van der Waals surface area (Å²) in [5, 5.41) is 5.85. The Bertz CT molecular complexity index is 461. The molecule has 1 aromatic carbocycles. The number of likely N-dealkylation sites (N-methyl/N-ethyl adjacent to an activating group) is 1. The van der Waals surface area contributed by atoms with Crippen molar-refractivity contribution in [2.75, 3.05) is 33.0 Å². The van der Waals surface area contributed by atoms with Crippen LogP contribution in [0.4, 0.5) is 5.69 Å². The quantitative estimate of drug-likeness (QED) is 0.863. The van der Waals surface area contributed by atoms with Gasteiger partial charge in [0.25, 0.3) is 5.91 Å². The van der Waals surface area contributed by atoms with E-state index in [1.54, 1.807) is 39.3 Å². The molecule has 0 radical (unpaired) electrons. The van der Waals surface area contributed by atoms with Crippen LogP contribution in [0.15, 0.2) is 18.2 Å². The van der Waals surface area contributed by atoms with Crippen LogP contribution in [0.3, 0.4) is 0 Å². The third-order valence-corrected chi connectivity index (χ3v) is 2.46. The van der Waals surface area contributed by atoms with Crippen molar-refractivity contribution in [3.05, 3.63) is 28.8 Å². The Morgan fingerprint density at radius 1 is 1.33 bits per heavy atom. The molecule has 0 bridgehead atoms. The number of carbonyl (C=O) groups excluding carboxylic acids is 2. The first-order valence-electron chi connectivity index (χ1n) is 5.41. The Balaban J connectivity index is 3.04. The molecule has 0 unspecified atom stereocenters. The summed E-state index contributed by atoms with van der Waals surface area (Å²) in [6.45, 7) is 0.169. The first-order valence-corrected chi connectivity index (χ1v) is 5.79. The van der Waals surface area contributed by atoms with Gasteiger partial charge in [0.1, 0.15) is 0 Å². The van der Waals surface area contributed by atoms with Crippen molar-refractivity contribution in [1.29, 1.82) is 0 Å². The first-order chi connectivity index (χ1) is 8.45. The topological polar surface area (TPSA) is 61.4 Å². The van der Waals surface area contributed by atoms with E-state index in [-0.39, 0.29) is 18.4 Å². The van der Waals surface area contributed by atoms with Gasteiger partial charge in [-0.25, -0.2) is 0 Å². The van der Waals surface area contributed by atoms with E-state index in [2.05, 4.69) is 10.6 Å². The summed E-state index contributed by atoms with van der Waals surface area (Å²) in [6.07, 6.45) is 0. The number of carbonyl (C=O) groups is 2. The molecule has 0 aliphatic rings. The summed E-state index contributed by atoms with van der Waals surface area (Å²) in [5.41, 5.74) is 0.829. The van der Waals surface area contributed by atoms with Crippen LogP contribution in [-0.4, -0.2) is 44.4 Å². The number of amides is 2. The smallest absolute Gasteiger partial charge is 0.255 e. The average molecular weight is 270 g/mol. The number of nitrogens with zero attached hydrogens (tertiary/aromatic N) is 1. The molecule has 0 aliphatic carbocycles. The Morgan fingerprint density at radius 2 is 2.00 bits per heavy atom. The third-order valence-electron chi connectivity index (χ3n) is 2.23. The number of rotatable bonds is 4. The lowest BCUT2D eigenvalue weighted by Gasteiger charge is -2.15. The normalized spacial score (nSPS) is 10.0. The summed E-state index contributed by atoms with van der Waals surface area (Å²) in [7, 11) is 4.97. The van der Waals surface area contributed by atoms with E-state index >= 15 is 0 Å². The number of nitrogens with one attached hydrogen (secondary N) is 2. The second-order valence-corrected chi connectivity index (χ2v) is 4.40. The van der Waals surface area contributed by atoms with E-state index in [0.717, 1.165) is 0 Å². The molecule has 0 spiro atoms. The summed E-state index contributed by atoms with van der Waals surface area (Å²) in [4.78, 5) is 24.9. The van der Waals surface area contributed by atoms with Crippen LogP contribution in [-0.2, 0) is 4.79 Å². The minimum atomic E-state index is -0.229. The lowest BCUT2D eigenvalue weighted by molar-refractivity contribution is -0.115. The van der Waals surface area contributed by atoms with Crippen molar-refractivity contribution in [3.8, 4) is 0 Å². The van der Waals surface area contributed by atoms with Crippen molar-refractivity contribution in [1.82, 2.24) is 10.2 Å². The van der Waals surface area contributed by atoms with E-state index < -0.39 is 0 Å². The molecule has 1 aromatic rings. The SMILES string of the molecule is CNCC(=O)Nc1cc(Cl)ccc1C(=O)N(C)C. The maximum Gasteiger partial charge on any atom is 0.255 e. The molecule has 0 atom stereocenters. The molecule has 2 amide bonds. The molecular formula is C12H16ClN3O2. The van der Waals surface area contributed by atoms with Gasteiger partial charge in [0.05, 0.1) is 17.8 Å². The maximum atomic E-state index is 11.9. The Kier molecular flexibility index (Phi) is 5.12. The second-order valence-electron chi connectivity index (χ2n) is 3.97. The molecule has 18 heavy (non-hydrogen) atoms. The summed E-state index contributed by atoms with van der Waals surface area (Å²) in [5.74, 6) is -0.418. The van der Waals surface area contributed by atoms with Gasteiger partial charge in [0.15, 0.2) is 0 Å². The third kappa shape index (κ3) is 3.72. The fourth-order valence-electron chi connectivity index (χ4n) is 1.40. The van der Waals surface area contributed by atoms with E-state index in [1.807, 2.05) is 0 Å². The van der Waals surface area contributed by atoms with Crippen LogP contribution < -0.4 is 10.6 Å². The monoisotopic (exact) mass is 269 g/mol. The minimum Gasteiger partial charge on any atom is -0.345 e. The van der Waals surface area contributed by atoms with Crippen molar-refractivity contribution in [2.45, 2.75) is 0 Å². The van der Waals surface area contributed by atoms with Gasteiger partial charge in [-0.1, -0.05) is 11.6 Å². The van der Waals surface area contributed by atoms with Gasteiger partial charge in [0.2, 0.25) is 5.91 Å². The van der Waals surface area contributed by atoms with Gasteiger partial charge in [-0.05, 0) is 25.2 Å². The number of benzene rings is 1. The average Bonchev–Trinajstić information content (AvgIpc) is 2.28. The zero-order chi connectivity index (χ0) is 13.7. The highest BCUT2D eigenvalue weighted by molar-refractivity contribution is 6.31. The molecule has 0 aliphatic heterocycles. The number of hydrogen-bond acceptors (Lipinski definition) is 3. The fourth-order valence-corrected chi connectivity index (χ4v) is 1.57. The molecule has 0 aromatic heterocycles. The van der Waals surface area contributed by atoms with E-state index in [0.29, 0.717) is 16.3 Å². The van der Waals surface area contributed by atoms with Gasteiger partial charge in [-0.15, -0.1) is 0 Å².